The third-order valence-electron chi connectivity index (χ3n) is 2.23. The van der Waals surface area contributed by atoms with Crippen LogP contribution in [0.15, 0.2) is 24.3 Å². The summed E-state index contributed by atoms with van der Waals surface area (Å²) in [5.41, 5.74) is 0.703. The first-order valence-electron chi connectivity index (χ1n) is 6.24. The molecule has 1 aromatic carbocycles. The van der Waals surface area contributed by atoms with E-state index in [-0.39, 0.29) is 0 Å². The average molecular weight is 300 g/mol. The maximum Gasteiger partial charge on any atom is 0.422 e. The molecule has 2 N–H and O–H groups in total. The molecule has 0 aromatic heterocycles. The van der Waals surface area contributed by atoms with E-state index >= 15 is 0 Å². The largest absolute Gasteiger partial charge is 0.443 e. The maximum absolute atomic E-state index is 11.7. The van der Waals surface area contributed by atoms with Gasteiger partial charge in [0.1, 0.15) is 5.60 Å². The van der Waals surface area contributed by atoms with Crippen molar-refractivity contribution in [3.63, 3.8) is 0 Å². The summed E-state index contributed by atoms with van der Waals surface area (Å²) in [4.78, 5) is 11.4. The molecular formula is C13H20N2O4S. The highest BCUT2D eigenvalue weighted by molar-refractivity contribution is 7.91. The van der Waals surface area contributed by atoms with E-state index in [0.717, 1.165) is 12.0 Å². The minimum atomic E-state index is -4.00. The van der Waals surface area contributed by atoms with Gasteiger partial charge in [-0.05, 0) is 44.9 Å². The Morgan fingerprint density at radius 2 is 1.75 bits per heavy atom. The Kier molecular flexibility index (Phi) is 4.99. The number of hydrogen-bond acceptors (Lipinski definition) is 4. The Hall–Kier alpha value is -1.76. The van der Waals surface area contributed by atoms with Crippen molar-refractivity contribution in [2.45, 2.75) is 39.7 Å². The highest BCUT2D eigenvalue weighted by Crippen LogP contribution is 2.12. The third kappa shape index (κ3) is 5.92. The topological polar surface area (TPSA) is 84.5 Å². The Morgan fingerprint density at radius 3 is 2.20 bits per heavy atom. The van der Waals surface area contributed by atoms with E-state index in [9.17, 15) is 13.2 Å². The van der Waals surface area contributed by atoms with E-state index in [0.29, 0.717) is 5.69 Å². The molecule has 0 radical (unpaired) electrons. The second-order valence-corrected chi connectivity index (χ2v) is 6.68. The standard InChI is InChI=1S/C13H20N2O4S/c1-5-10-6-8-11(9-7-10)14-20(17,18)15-12(16)19-13(2,3)4/h6-9,14H,5H2,1-4H3,(H,15,16). The molecule has 1 rings (SSSR count). The lowest BCUT2D eigenvalue weighted by atomic mass is 10.2. The lowest BCUT2D eigenvalue weighted by Crippen LogP contribution is -2.39. The fraction of sp³-hybridized carbons (Fsp3) is 0.462. The van der Waals surface area contributed by atoms with Crippen LogP contribution in [0.2, 0.25) is 0 Å². The number of rotatable bonds is 4. The van der Waals surface area contributed by atoms with Crippen molar-refractivity contribution in [2.24, 2.45) is 0 Å². The SMILES string of the molecule is CCc1ccc(NS(=O)(=O)NC(=O)OC(C)(C)C)cc1. The molecule has 0 saturated carbocycles. The van der Waals surface area contributed by atoms with Crippen LogP contribution in [0.4, 0.5) is 10.5 Å². The molecular weight excluding hydrogens is 280 g/mol. The first kappa shape index (κ1) is 16.3. The van der Waals surface area contributed by atoms with Crippen LogP contribution in [0.3, 0.4) is 0 Å². The summed E-state index contributed by atoms with van der Waals surface area (Å²) in [7, 11) is -4.00. The van der Waals surface area contributed by atoms with Gasteiger partial charge in [0, 0.05) is 0 Å². The molecule has 6 nitrogen and oxygen atoms in total. The molecule has 7 heteroatoms. The van der Waals surface area contributed by atoms with Crippen LogP contribution in [0.25, 0.3) is 0 Å². The summed E-state index contributed by atoms with van der Waals surface area (Å²) in [6.45, 7) is 6.95. The van der Waals surface area contributed by atoms with E-state index in [1.54, 1.807) is 37.6 Å². The number of hydrogen-bond donors (Lipinski definition) is 2. The molecule has 0 aliphatic rings. The van der Waals surface area contributed by atoms with Crippen molar-refractivity contribution in [3.8, 4) is 0 Å². The number of carbonyl (C=O) groups is 1. The minimum Gasteiger partial charge on any atom is -0.443 e. The molecule has 0 unspecified atom stereocenters. The van der Waals surface area contributed by atoms with Crippen molar-refractivity contribution in [2.75, 3.05) is 4.72 Å². The smallest absolute Gasteiger partial charge is 0.422 e. The normalized spacial score (nSPS) is 11.8. The van der Waals surface area contributed by atoms with E-state index in [1.165, 1.54) is 0 Å². The summed E-state index contributed by atoms with van der Waals surface area (Å²) in [6, 6.07) is 6.89. The van der Waals surface area contributed by atoms with Gasteiger partial charge in [-0.25, -0.2) is 9.52 Å². The van der Waals surface area contributed by atoms with Gasteiger partial charge in [0.15, 0.2) is 0 Å². The third-order valence-corrected chi connectivity index (χ3v) is 3.17. The van der Waals surface area contributed by atoms with Crippen LogP contribution in [0, 0.1) is 0 Å². The van der Waals surface area contributed by atoms with Gasteiger partial charge in [-0.2, -0.15) is 8.42 Å². The number of anilines is 1. The number of ether oxygens (including phenoxy) is 1. The summed E-state index contributed by atoms with van der Waals surface area (Å²) in [5.74, 6) is 0. The van der Waals surface area contributed by atoms with Gasteiger partial charge < -0.3 is 4.74 Å². The zero-order valence-corrected chi connectivity index (χ0v) is 12.9. The highest BCUT2D eigenvalue weighted by atomic mass is 32.2. The second kappa shape index (κ2) is 6.13. The monoisotopic (exact) mass is 300 g/mol. The molecule has 1 amide bonds. The molecule has 0 heterocycles. The first-order chi connectivity index (χ1) is 9.11. The molecule has 112 valence electrons. The number of benzene rings is 1. The Bertz CT molecular complexity index is 559. The average Bonchev–Trinajstić information content (AvgIpc) is 2.25. The fourth-order valence-corrected chi connectivity index (χ4v) is 2.16. The fourth-order valence-electron chi connectivity index (χ4n) is 1.40. The Balaban J connectivity index is 2.67. The van der Waals surface area contributed by atoms with Crippen molar-refractivity contribution < 1.29 is 17.9 Å². The quantitative estimate of drug-likeness (QED) is 0.894. The van der Waals surface area contributed by atoms with E-state index in [4.69, 9.17) is 4.74 Å². The van der Waals surface area contributed by atoms with E-state index in [2.05, 4.69) is 4.72 Å². The van der Waals surface area contributed by atoms with Crippen molar-refractivity contribution in [1.29, 1.82) is 0 Å². The van der Waals surface area contributed by atoms with Crippen molar-refractivity contribution >= 4 is 22.0 Å². The van der Waals surface area contributed by atoms with Crippen LogP contribution in [0.5, 0.6) is 0 Å². The molecule has 0 aliphatic heterocycles. The van der Waals surface area contributed by atoms with Crippen LogP contribution in [-0.4, -0.2) is 20.1 Å². The number of amides is 1. The van der Waals surface area contributed by atoms with Crippen LogP contribution in [-0.2, 0) is 21.4 Å². The van der Waals surface area contributed by atoms with Gasteiger partial charge in [-0.3, -0.25) is 4.72 Å². The predicted molar refractivity (Wildman–Crippen MR) is 77.7 cm³/mol. The number of nitrogens with one attached hydrogen (secondary N) is 2. The van der Waals surface area contributed by atoms with Crippen molar-refractivity contribution in [3.05, 3.63) is 29.8 Å². The minimum absolute atomic E-state index is 0.373. The summed E-state index contributed by atoms with van der Waals surface area (Å²) in [6.07, 6.45) is -0.154. The molecule has 20 heavy (non-hydrogen) atoms. The zero-order chi connectivity index (χ0) is 15.4. The van der Waals surface area contributed by atoms with E-state index in [1.807, 2.05) is 19.1 Å². The number of aryl methyl sites for hydroxylation is 1. The summed E-state index contributed by atoms with van der Waals surface area (Å²) >= 11 is 0. The predicted octanol–water partition coefficient (Wildman–Crippen LogP) is 2.43. The first-order valence-corrected chi connectivity index (χ1v) is 7.72. The van der Waals surface area contributed by atoms with Gasteiger partial charge in [0.05, 0.1) is 5.69 Å². The summed E-state index contributed by atoms with van der Waals surface area (Å²) in [5, 5.41) is 0. The molecule has 0 saturated heterocycles. The van der Waals surface area contributed by atoms with Gasteiger partial charge in [0.2, 0.25) is 0 Å². The molecule has 1 aromatic rings. The van der Waals surface area contributed by atoms with E-state index < -0.39 is 21.9 Å². The lowest BCUT2D eigenvalue weighted by Gasteiger charge is -2.19. The van der Waals surface area contributed by atoms with Gasteiger partial charge >= 0.3 is 16.3 Å². The molecule has 0 atom stereocenters. The lowest BCUT2D eigenvalue weighted by molar-refractivity contribution is 0.0570. The van der Waals surface area contributed by atoms with Gasteiger partial charge in [-0.15, -0.1) is 0 Å². The Labute approximate surface area is 119 Å². The van der Waals surface area contributed by atoms with Gasteiger partial charge in [0.25, 0.3) is 0 Å². The second-order valence-electron chi connectivity index (χ2n) is 5.26. The van der Waals surface area contributed by atoms with Crippen molar-refractivity contribution in [1.82, 2.24) is 4.72 Å². The molecule has 0 aliphatic carbocycles. The zero-order valence-electron chi connectivity index (χ0n) is 12.1. The Morgan fingerprint density at radius 1 is 1.20 bits per heavy atom. The maximum atomic E-state index is 11.7. The number of carbonyl (C=O) groups excluding carboxylic acids is 1. The molecule has 0 spiro atoms. The summed E-state index contributed by atoms with van der Waals surface area (Å²) < 4.78 is 32.4. The molecule has 0 fully saturated rings. The van der Waals surface area contributed by atoms with Crippen LogP contribution < -0.4 is 9.44 Å². The van der Waals surface area contributed by atoms with Crippen LogP contribution >= 0.6 is 0 Å². The van der Waals surface area contributed by atoms with Gasteiger partial charge in [-0.1, -0.05) is 19.1 Å². The highest BCUT2D eigenvalue weighted by Gasteiger charge is 2.21. The molecule has 0 bridgehead atoms. The van der Waals surface area contributed by atoms with Crippen LogP contribution in [0.1, 0.15) is 33.3 Å².